The summed E-state index contributed by atoms with van der Waals surface area (Å²) in [6, 6.07) is 38.5. The number of rotatable bonds is 8. The number of aromatic hydroxyl groups is 1. The molecule has 3 nitrogen and oxygen atoms in total. The fourth-order valence-corrected chi connectivity index (χ4v) is 7.63. The molecule has 0 aliphatic carbocycles. The van der Waals surface area contributed by atoms with Gasteiger partial charge in [-0.3, -0.25) is 4.98 Å². The molecular weight excluding hydrogens is 936 g/mol. The Bertz CT molecular complexity index is 3800. The fourth-order valence-electron chi connectivity index (χ4n) is 7.63. The molecule has 7 aromatic carbocycles. The molecule has 2 heterocycles. The average molecular weight is 1000 g/mol. The van der Waals surface area contributed by atoms with Gasteiger partial charge in [0.25, 0.3) is 0 Å². The number of fused-ring (bicyclic) bond motifs is 1. The summed E-state index contributed by atoms with van der Waals surface area (Å²) in [5.74, 6) is -0.991. The van der Waals surface area contributed by atoms with Crippen LogP contribution in [-0.4, -0.2) is 14.7 Å². The van der Waals surface area contributed by atoms with Gasteiger partial charge < -0.3 is 9.67 Å². The molecule has 0 fully saturated rings. The van der Waals surface area contributed by atoms with Gasteiger partial charge in [0.1, 0.15) is 0 Å². The zero-order chi connectivity index (χ0) is 56.9. The van der Waals surface area contributed by atoms with Crippen molar-refractivity contribution in [3.8, 4) is 78.5 Å². The normalized spacial score (nSPS) is 16.3. The minimum atomic E-state index is -3.93. The van der Waals surface area contributed by atoms with Crippen LogP contribution in [-0.2, 0) is 26.5 Å². The van der Waals surface area contributed by atoms with E-state index in [-0.39, 0.29) is 38.1 Å². The maximum absolute atomic E-state index is 11.8. The maximum atomic E-state index is 11.8. The third-order valence-corrected chi connectivity index (χ3v) is 10.7. The van der Waals surface area contributed by atoms with E-state index in [9.17, 15) is 7.85 Å². The third kappa shape index (κ3) is 8.35. The first-order valence-electron chi connectivity index (χ1n) is 28.2. The van der Waals surface area contributed by atoms with Crippen molar-refractivity contribution in [1.29, 1.82) is 0 Å². The topological polar surface area (TPSA) is 38.1 Å². The van der Waals surface area contributed by atoms with Crippen LogP contribution < -0.4 is 0 Å². The minimum Gasteiger partial charge on any atom is -0.517 e. The first-order chi connectivity index (χ1) is 36.4. The molecule has 0 saturated heterocycles. The molecule has 4 heteroatoms. The van der Waals surface area contributed by atoms with E-state index in [2.05, 4.69) is 17.1 Å². The van der Waals surface area contributed by atoms with Crippen LogP contribution in [0.5, 0.6) is 5.75 Å². The number of phenols is 1. The third-order valence-electron chi connectivity index (χ3n) is 10.7. The summed E-state index contributed by atoms with van der Waals surface area (Å²) >= 11 is 0. The van der Waals surface area contributed by atoms with Gasteiger partial charge in [-0.2, -0.15) is 0 Å². The van der Waals surface area contributed by atoms with Crippen molar-refractivity contribution in [3.05, 3.63) is 198 Å². The first-order valence-corrected chi connectivity index (χ1v) is 19.7. The molecule has 9 aromatic rings. The summed E-state index contributed by atoms with van der Waals surface area (Å²) in [5, 5.41) is 12.4. The molecule has 0 saturated carbocycles. The SMILES string of the molecule is [2H]c1nc(-c2[c-]c(-c3cccc4c3[c-]c(-c3cc(C)cc(C)c3O)n4-c3cc(-c4ccccc4)cc(C([2H])(C)C)c3)cc(-c3ccccc3)c2)c([2H])c(-c2c([2H])c([2H])c(C(C([2H])([2H])[2H])(C([2H])([2H])[2H])C([2H])([2H])[2H])c([2H])c2[2H])c1[2H].[Pt+2]. The van der Waals surface area contributed by atoms with Gasteiger partial charge in [0.15, 0.2) is 0 Å². The number of phenolic OH excluding ortho intramolecular Hbond substituents is 1. The van der Waals surface area contributed by atoms with Crippen molar-refractivity contribution in [2.24, 2.45) is 0 Å². The van der Waals surface area contributed by atoms with Gasteiger partial charge in [-0.25, -0.2) is 0 Å². The summed E-state index contributed by atoms with van der Waals surface area (Å²) in [4.78, 5) is 4.37. The second-order valence-corrected chi connectivity index (χ2v) is 15.4. The Hall–Kier alpha value is -6.28. The number of aryl methyl sites for hydroxylation is 2. The van der Waals surface area contributed by atoms with E-state index in [1.54, 1.807) is 6.07 Å². The van der Waals surface area contributed by atoms with Crippen molar-refractivity contribution in [1.82, 2.24) is 9.55 Å². The van der Waals surface area contributed by atoms with Crippen LogP contribution in [0.4, 0.5) is 0 Å². The first kappa shape index (κ1) is 26.3. The molecule has 2 aromatic heterocycles. The quantitative estimate of drug-likeness (QED) is 0.154. The van der Waals surface area contributed by atoms with Crippen LogP contribution >= 0.6 is 0 Å². The van der Waals surface area contributed by atoms with Crippen LogP contribution in [0.3, 0.4) is 0 Å². The summed E-state index contributed by atoms with van der Waals surface area (Å²) in [7, 11) is 0. The molecule has 62 heavy (non-hydrogen) atoms. The number of nitrogens with zero attached hydrogens (tertiary/aromatic N) is 2. The van der Waals surface area contributed by atoms with Gasteiger partial charge in [0, 0.05) is 31.3 Å². The second kappa shape index (κ2) is 17.2. The maximum Gasteiger partial charge on any atom is 2.00 e. The molecule has 0 bridgehead atoms. The number of benzene rings is 7. The van der Waals surface area contributed by atoms with E-state index in [0.29, 0.717) is 55.7 Å². The van der Waals surface area contributed by atoms with Crippen LogP contribution in [0.2, 0.25) is 0 Å². The molecule has 0 unspecified atom stereocenters. The van der Waals surface area contributed by atoms with Gasteiger partial charge >= 0.3 is 21.1 Å². The Morgan fingerprint density at radius 1 is 0.677 bits per heavy atom. The molecular formula is C58H50N2OPt. The zero-order valence-electron chi connectivity index (χ0n) is 51.2. The van der Waals surface area contributed by atoms with Crippen LogP contribution in [0.15, 0.2) is 164 Å². The Morgan fingerprint density at radius 3 is 2.03 bits per heavy atom. The smallest absolute Gasteiger partial charge is 0.517 e. The molecule has 0 radical (unpaired) electrons. The van der Waals surface area contributed by atoms with Gasteiger partial charge in [0.2, 0.25) is 0 Å². The zero-order valence-corrected chi connectivity index (χ0v) is 36.5. The minimum absolute atomic E-state index is 0. The van der Waals surface area contributed by atoms with Crippen LogP contribution in [0.25, 0.3) is 83.6 Å². The van der Waals surface area contributed by atoms with Crippen LogP contribution in [0.1, 0.15) is 85.9 Å². The van der Waals surface area contributed by atoms with E-state index in [0.717, 1.165) is 22.3 Å². The number of hydrogen-bond acceptors (Lipinski definition) is 2. The van der Waals surface area contributed by atoms with E-state index >= 15 is 0 Å². The standard InChI is InChI=1S/C58H50N2O.Pt/c1-37(2)44-29-46(41-17-12-9-13-18-41)34-50(33-44)60-55-20-14-19-51(52(55)36-56(60)53-28-38(3)27-39(4)57(53)61)47-30-45(40-15-10-8-11-16-40)31-48(32-47)54-35-43(25-26-59-54)42-21-23-49(24-22-42)58(5,6)7;/h8-31,33-35,37,61H,1-7H3;/q-2;+2/i5D3,6D3,7D3,21D,22D,23D,24D,25D,26D,35D,37D;. The molecule has 0 spiro atoms. The molecule has 0 aliphatic rings. The van der Waals surface area contributed by atoms with Crippen molar-refractivity contribution in [2.75, 3.05) is 0 Å². The van der Waals surface area contributed by atoms with Gasteiger partial charge in [-0.05, 0) is 105 Å². The van der Waals surface area contributed by atoms with E-state index in [1.807, 2.05) is 148 Å². The van der Waals surface area contributed by atoms with E-state index < -0.39 is 91.0 Å². The average Bonchev–Trinajstić information content (AvgIpc) is 3.92. The molecule has 1 N–H and O–H groups in total. The monoisotopic (exact) mass is 1000 g/mol. The Morgan fingerprint density at radius 2 is 1.35 bits per heavy atom. The Labute approximate surface area is 405 Å². The van der Waals surface area contributed by atoms with Crippen molar-refractivity contribution in [2.45, 2.75) is 59.6 Å². The predicted molar refractivity (Wildman–Crippen MR) is 255 cm³/mol. The van der Waals surface area contributed by atoms with Gasteiger partial charge in [-0.15, -0.1) is 40.8 Å². The Kier molecular flexibility index (Phi) is 7.30. The van der Waals surface area contributed by atoms with Crippen molar-refractivity contribution >= 4 is 10.9 Å². The second-order valence-electron chi connectivity index (χ2n) is 15.4. The molecule has 0 atom stereocenters. The molecule has 0 aliphatic heterocycles. The molecule has 308 valence electrons. The van der Waals surface area contributed by atoms with E-state index in [1.165, 1.54) is 0 Å². The van der Waals surface area contributed by atoms with Gasteiger partial charge in [-0.1, -0.05) is 178 Å². The largest absolute Gasteiger partial charge is 2.00 e. The van der Waals surface area contributed by atoms with Gasteiger partial charge in [0.05, 0.1) is 15.3 Å². The van der Waals surface area contributed by atoms with Crippen molar-refractivity contribution < 1.29 is 49.5 Å². The fraction of sp³-hybridized carbons (Fsp3) is 0.155. The Balaban J connectivity index is 0.00000822. The summed E-state index contributed by atoms with van der Waals surface area (Å²) < 4.78 is 149. The molecule has 9 rings (SSSR count). The number of aromatic nitrogens is 2. The summed E-state index contributed by atoms with van der Waals surface area (Å²) in [5.41, 5.74) is 1.70. The number of hydrogen-bond donors (Lipinski definition) is 1. The number of pyridine rings is 1. The summed E-state index contributed by atoms with van der Waals surface area (Å²) in [6.45, 7) is -4.43. The van der Waals surface area contributed by atoms with Crippen LogP contribution in [0, 0.1) is 26.0 Å². The van der Waals surface area contributed by atoms with E-state index in [4.69, 9.17) is 20.6 Å². The van der Waals surface area contributed by atoms with Crippen molar-refractivity contribution in [3.63, 3.8) is 0 Å². The molecule has 0 amide bonds. The summed E-state index contributed by atoms with van der Waals surface area (Å²) in [6.07, 6.45) is -0.766. The predicted octanol–water partition coefficient (Wildman–Crippen LogP) is 15.4.